The summed E-state index contributed by atoms with van der Waals surface area (Å²) in [5.41, 5.74) is 4.86. The summed E-state index contributed by atoms with van der Waals surface area (Å²) in [5, 5.41) is 10.8. The Bertz CT molecular complexity index is 1590. The van der Waals surface area contributed by atoms with E-state index in [-0.39, 0.29) is 18.0 Å². The summed E-state index contributed by atoms with van der Waals surface area (Å²) in [7, 11) is 1.40. The topological polar surface area (TPSA) is 99.2 Å². The fourth-order valence-electron chi connectivity index (χ4n) is 4.43. The minimum absolute atomic E-state index is 0.0534. The van der Waals surface area contributed by atoms with Gasteiger partial charge in [0.25, 0.3) is 5.91 Å². The van der Waals surface area contributed by atoms with E-state index in [4.69, 9.17) is 4.74 Å². The average Bonchev–Trinajstić information content (AvgIpc) is 3.54. The Balaban J connectivity index is 1.17. The minimum atomic E-state index is -0.530. The molecule has 186 valence electrons. The first-order valence-electron chi connectivity index (χ1n) is 12.0. The molecule has 0 spiro atoms. The molecule has 1 aromatic carbocycles. The molecule has 1 aliphatic rings. The van der Waals surface area contributed by atoms with Crippen LogP contribution in [-0.4, -0.2) is 42.4 Å². The molecule has 0 aliphatic heterocycles. The van der Waals surface area contributed by atoms with Crippen molar-refractivity contribution in [3.05, 3.63) is 95.7 Å². The Labute approximate surface area is 211 Å². The molecule has 4 heterocycles. The number of ether oxygens (including phenoxy) is 1. The molecule has 1 saturated carbocycles. The van der Waals surface area contributed by atoms with Crippen LogP contribution in [0.5, 0.6) is 5.75 Å². The Kier molecular flexibility index (Phi) is 5.84. The van der Waals surface area contributed by atoms with Crippen molar-refractivity contribution in [3.8, 4) is 16.9 Å². The van der Waals surface area contributed by atoms with Crippen LogP contribution >= 0.6 is 0 Å². The fourth-order valence-corrected chi connectivity index (χ4v) is 4.43. The molecule has 0 bridgehead atoms. The third kappa shape index (κ3) is 4.65. The maximum absolute atomic E-state index is 15.1. The number of carbonyl (C=O) groups is 1. The van der Waals surface area contributed by atoms with Crippen molar-refractivity contribution in [1.29, 1.82) is 0 Å². The number of hydrogen-bond acceptors (Lipinski definition) is 6. The van der Waals surface area contributed by atoms with Gasteiger partial charge in [-0.15, -0.1) is 5.10 Å². The number of benzene rings is 1. The molecule has 0 unspecified atom stereocenters. The second-order valence-corrected chi connectivity index (χ2v) is 9.06. The second-order valence-electron chi connectivity index (χ2n) is 9.06. The zero-order valence-corrected chi connectivity index (χ0v) is 20.1. The van der Waals surface area contributed by atoms with Crippen LogP contribution in [-0.2, 0) is 13.1 Å². The number of pyridine rings is 2. The summed E-state index contributed by atoms with van der Waals surface area (Å²) in [6.45, 7) is 0.319. The van der Waals surface area contributed by atoms with Crippen molar-refractivity contribution >= 4 is 11.6 Å². The number of nitrogens with zero attached hydrogens (tertiary/aromatic N) is 6. The smallest absolute Gasteiger partial charge is 0.273 e. The molecule has 0 saturated heterocycles. The highest BCUT2D eigenvalue weighted by molar-refractivity contribution is 5.92. The minimum Gasteiger partial charge on any atom is -0.494 e. The van der Waals surface area contributed by atoms with Gasteiger partial charge in [0.05, 0.1) is 25.5 Å². The predicted octanol–water partition coefficient (Wildman–Crippen LogP) is 3.99. The van der Waals surface area contributed by atoms with Gasteiger partial charge >= 0.3 is 0 Å². The number of fused-ring (bicyclic) bond motifs is 1. The SMILES string of the molecule is COc1ccc(-c2ccncc2)c(CNC(=O)c2cn(Cc3cn4cc(C5CC5)ccc4n3)nn2)c1F. The number of imidazole rings is 1. The highest BCUT2D eigenvalue weighted by Crippen LogP contribution is 2.39. The summed E-state index contributed by atoms with van der Waals surface area (Å²) in [6, 6.07) is 11.0. The fraction of sp³-hybridized carbons (Fsp3) is 0.222. The molecule has 10 heteroatoms. The molecular weight excluding hydrogens is 473 g/mol. The molecule has 0 radical (unpaired) electrons. The molecular formula is C27H24FN7O2. The van der Waals surface area contributed by atoms with Gasteiger partial charge in [-0.1, -0.05) is 17.3 Å². The van der Waals surface area contributed by atoms with Crippen LogP contribution in [0.15, 0.2) is 67.4 Å². The molecule has 1 amide bonds. The van der Waals surface area contributed by atoms with E-state index in [1.54, 1.807) is 47.5 Å². The van der Waals surface area contributed by atoms with Crippen LogP contribution in [0.3, 0.4) is 0 Å². The van der Waals surface area contributed by atoms with E-state index in [9.17, 15) is 4.79 Å². The lowest BCUT2D eigenvalue weighted by Gasteiger charge is -2.14. The number of halogens is 1. The van der Waals surface area contributed by atoms with Gasteiger partial charge in [-0.25, -0.2) is 14.1 Å². The normalized spacial score (nSPS) is 13.1. The molecule has 9 nitrogen and oxygen atoms in total. The maximum Gasteiger partial charge on any atom is 0.273 e. The van der Waals surface area contributed by atoms with Crippen LogP contribution in [0.1, 0.15) is 46.1 Å². The number of aromatic nitrogens is 6. The van der Waals surface area contributed by atoms with E-state index in [0.29, 0.717) is 23.6 Å². The van der Waals surface area contributed by atoms with Gasteiger partial charge in [-0.3, -0.25) is 9.78 Å². The van der Waals surface area contributed by atoms with Gasteiger partial charge in [-0.2, -0.15) is 0 Å². The first kappa shape index (κ1) is 22.8. The van der Waals surface area contributed by atoms with E-state index in [1.165, 1.54) is 25.5 Å². The highest BCUT2D eigenvalue weighted by Gasteiger charge is 2.24. The largest absolute Gasteiger partial charge is 0.494 e. The molecule has 1 aliphatic carbocycles. The third-order valence-corrected chi connectivity index (χ3v) is 6.51. The number of carbonyl (C=O) groups excluding carboxylic acids is 1. The lowest BCUT2D eigenvalue weighted by atomic mass is 9.99. The summed E-state index contributed by atoms with van der Waals surface area (Å²) >= 11 is 0. The standard InChI is InChI=1S/C27H24FN7O2/c1-37-24-6-5-21(18-8-10-29-11-9-18)22(26(24)28)12-30-27(36)23-16-35(33-32-23)15-20-14-34-13-19(17-2-3-17)4-7-25(34)31-20/h4-11,13-14,16-17H,2-3,12,15H2,1H3,(H,30,36). The van der Waals surface area contributed by atoms with Crippen molar-refractivity contribution in [2.75, 3.05) is 7.11 Å². The van der Waals surface area contributed by atoms with E-state index >= 15 is 4.39 Å². The van der Waals surface area contributed by atoms with Crippen LogP contribution in [0.2, 0.25) is 0 Å². The number of nitrogens with one attached hydrogen (secondary N) is 1. The van der Waals surface area contributed by atoms with Crippen molar-refractivity contribution in [3.63, 3.8) is 0 Å². The first-order chi connectivity index (χ1) is 18.1. The van der Waals surface area contributed by atoms with E-state index in [1.807, 2.05) is 16.7 Å². The highest BCUT2D eigenvalue weighted by atomic mass is 19.1. The molecule has 1 N–H and O–H groups in total. The number of rotatable bonds is 8. The van der Waals surface area contributed by atoms with Gasteiger partial charge in [-0.05, 0) is 59.7 Å². The lowest BCUT2D eigenvalue weighted by Crippen LogP contribution is -2.24. The molecule has 1 fully saturated rings. The Morgan fingerprint density at radius 3 is 2.73 bits per heavy atom. The zero-order chi connectivity index (χ0) is 25.4. The third-order valence-electron chi connectivity index (χ3n) is 6.51. The quantitative estimate of drug-likeness (QED) is 0.348. The van der Waals surface area contributed by atoms with Crippen molar-refractivity contribution in [2.45, 2.75) is 31.8 Å². The first-order valence-corrected chi connectivity index (χ1v) is 12.0. The Morgan fingerprint density at radius 2 is 1.95 bits per heavy atom. The number of amides is 1. The van der Waals surface area contributed by atoms with Crippen LogP contribution in [0, 0.1) is 5.82 Å². The van der Waals surface area contributed by atoms with E-state index in [0.717, 1.165) is 16.9 Å². The summed E-state index contributed by atoms with van der Waals surface area (Å²) in [6.07, 6.45) is 11.4. The second kappa shape index (κ2) is 9.45. The molecule has 37 heavy (non-hydrogen) atoms. The molecule has 0 atom stereocenters. The predicted molar refractivity (Wildman–Crippen MR) is 134 cm³/mol. The lowest BCUT2D eigenvalue weighted by molar-refractivity contribution is 0.0945. The molecule has 4 aromatic heterocycles. The maximum atomic E-state index is 15.1. The van der Waals surface area contributed by atoms with Gasteiger partial charge in [0.1, 0.15) is 5.65 Å². The average molecular weight is 498 g/mol. The summed E-state index contributed by atoms with van der Waals surface area (Å²) < 4.78 is 23.9. The van der Waals surface area contributed by atoms with Crippen molar-refractivity contribution in [1.82, 2.24) is 34.7 Å². The Hall–Kier alpha value is -4.60. The monoisotopic (exact) mass is 497 g/mol. The number of methoxy groups -OCH3 is 1. The summed E-state index contributed by atoms with van der Waals surface area (Å²) in [5.74, 6) is -0.224. The summed E-state index contributed by atoms with van der Waals surface area (Å²) in [4.78, 5) is 21.5. The van der Waals surface area contributed by atoms with E-state index in [2.05, 4.69) is 37.9 Å². The zero-order valence-electron chi connectivity index (χ0n) is 20.1. The van der Waals surface area contributed by atoms with Crippen molar-refractivity contribution in [2.24, 2.45) is 0 Å². The number of hydrogen-bond donors (Lipinski definition) is 1. The van der Waals surface area contributed by atoms with Gasteiger partial charge < -0.3 is 14.5 Å². The van der Waals surface area contributed by atoms with E-state index < -0.39 is 11.7 Å². The molecule has 5 aromatic rings. The molecule has 6 rings (SSSR count). The van der Waals surface area contributed by atoms with Crippen LogP contribution < -0.4 is 10.1 Å². The van der Waals surface area contributed by atoms with Gasteiger partial charge in [0, 0.05) is 36.9 Å². The Morgan fingerprint density at radius 1 is 1.11 bits per heavy atom. The van der Waals surface area contributed by atoms with Gasteiger partial charge in [0.15, 0.2) is 17.3 Å². The van der Waals surface area contributed by atoms with Crippen molar-refractivity contribution < 1.29 is 13.9 Å². The van der Waals surface area contributed by atoms with Crippen LogP contribution in [0.4, 0.5) is 4.39 Å². The van der Waals surface area contributed by atoms with Crippen LogP contribution in [0.25, 0.3) is 16.8 Å². The van der Waals surface area contributed by atoms with Gasteiger partial charge in [0.2, 0.25) is 0 Å².